The molecule has 0 heterocycles. The highest BCUT2D eigenvalue weighted by atomic mass is 32.2. The van der Waals surface area contributed by atoms with Crippen LogP contribution in [-0.2, 0) is 11.3 Å². The van der Waals surface area contributed by atoms with Gasteiger partial charge in [-0.15, -0.1) is 0 Å². The van der Waals surface area contributed by atoms with E-state index >= 15 is 0 Å². The van der Waals surface area contributed by atoms with Gasteiger partial charge in [-0.25, -0.2) is 4.79 Å². The van der Waals surface area contributed by atoms with Crippen LogP contribution >= 0.6 is 11.8 Å². The Morgan fingerprint density at radius 1 is 1.40 bits per heavy atom. The minimum Gasteiger partial charge on any atom is -0.449 e. The van der Waals surface area contributed by atoms with E-state index in [1.54, 1.807) is 11.8 Å². The number of carbonyl (C=O) groups is 1. The molecule has 0 bridgehead atoms. The van der Waals surface area contributed by atoms with Crippen LogP contribution in [0.15, 0.2) is 30.3 Å². The van der Waals surface area contributed by atoms with E-state index in [-0.39, 0.29) is 6.09 Å². The predicted molar refractivity (Wildman–Crippen MR) is 63.0 cm³/mol. The van der Waals surface area contributed by atoms with Gasteiger partial charge in [0.05, 0.1) is 0 Å². The summed E-state index contributed by atoms with van der Waals surface area (Å²) in [6, 6.07) is 9.75. The maximum atomic E-state index is 11.1. The molecule has 15 heavy (non-hydrogen) atoms. The number of amides is 1. The van der Waals surface area contributed by atoms with Gasteiger partial charge in [0.25, 0.3) is 0 Å². The lowest BCUT2D eigenvalue weighted by molar-refractivity contribution is 0.152. The molecule has 0 aliphatic rings. The lowest BCUT2D eigenvalue weighted by Crippen LogP contribution is -2.24. The standard InChI is InChI=1S/C11H15NO2S/c1-15-8-7-14-11(13)12-9-10-5-3-2-4-6-10/h2-6H,7-9H2,1H3,(H,12,13). The summed E-state index contributed by atoms with van der Waals surface area (Å²) in [7, 11) is 0. The van der Waals surface area contributed by atoms with Crippen molar-refractivity contribution in [2.75, 3.05) is 18.6 Å². The molecule has 0 saturated carbocycles. The van der Waals surface area contributed by atoms with Gasteiger partial charge < -0.3 is 10.1 Å². The molecule has 1 N–H and O–H groups in total. The average Bonchev–Trinajstić information content (AvgIpc) is 2.28. The zero-order valence-electron chi connectivity index (χ0n) is 8.73. The van der Waals surface area contributed by atoms with E-state index in [4.69, 9.17) is 4.74 Å². The molecule has 1 aromatic rings. The molecule has 82 valence electrons. The van der Waals surface area contributed by atoms with Crippen LogP contribution in [0, 0.1) is 0 Å². The van der Waals surface area contributed by atoms with Crippen molar-refractivity contribution in [3.63, 3.8) is 0 Å². The normalized spacial score (nSPS) is 9.67. The van der Waals surface area contributed by atoms with E-state index in [2.05, 4.69) is 5.32 Å². The number of thioether (sulfide) groups is 1. The van der Waals surface area contributed by atoms with Crippen LogP contribution < -0.4 is 5.32 Å². The van der Waals surface area contributed by atoms with Gasteiger partial charge in [0.2, 0.25) is 0 Å². The van der Waals surface area contributed by atoms with Crippen LogP contribution in [0.4, 0.5) is 4.79 Å². The quantitative estimate of drug-likeness (QED) is 0.781. The number of rotatable bonds is 5. The van der Waals surface area contributed by atoms with Crippen molar-refractivity contribution >= 4 is 17.9 Å². The summed E-state index contributed by atoms with van der Waals surface area (Å²) in [5, 5.41) is 2.69. The van der Waals surface area contributed by atoms with Gasteiger partial charge in [0.15, 0.2) is 0 Å². The summed E-state index contributed by atoms with van der Waals surface area (Å²) >= 11 is 1.65. The zero-order valence-corrected chi connectivity index (χ0v) is 9.55. The van der Waals surface area contributed by atoms with Crippen molar-refractivity contribution in [1.82, 2.24) is 5.32 Å². The maximum Gasteiger partial charge on any atom is 0.407 e. The Hall–Kier alpha value is -1.16. The molecule has 0 unspecified atom stereocenters. The Labute approximate surface area is 94.2 Å². The van der Waals surface area contributed by atoms with E-state index in [1.165, 1.54) is 0 Å². The van der Waals surface area contributed by atoms with Crippen LogP contribution in [0.25, 0.3) is 0 Å². The second kappa shape index (κ2) is 7.17. The first kappa shape index (κ1) is 11.9. The fourth-order valence-corrected chi connectivity index (χ4v) is 1.29. The summed E-state index contributed by atoms with van der Waals surface area (Å²) in [5.74, 6) is 0.832. The topological polar surface area (TPSA) is 38.3 Å². The van der Waals surface area contributed by atoms with E-state index in [0.29, 0.717) is 13.2 Å². The lowest BCUT2D eigenvalue weighted by Gasteiger charge is -2.05. The third kappa shape index (κ3) is 5.32. The summed E-state index contributed by atoms with van der Waals surface area (Å²) < 4.78 is 4.93. The monoisotopic (exact) mass is 225 g/mol. The Morgan fingerprint density at radius 3 is 2.80 bits per heavy atom. The fraction of sp³-hybridized carbons (Fsp3) is 0.364. The van der Waals surface area contributed by atoms with Crippen molar-refractivity contribution in [3.05, 3.63) is 35.9 Å². The first-order chi connectivity index (χ1) is 7.33. The van der Waals surface area contributed by atoms with Crippen molar-refractivity contribution in [2.24, 2.45) is 0 Å². The molecule has 0 aliphatic carbocycles. The minimum atomic E-state index is -0.354. The van der Waals surface area contributed by atoms with Crippen molar-refractivity contribution in [2.45, 2.75) is 6.54 Å². The third-order valence-electron chi connectivity index (χ3n) is 1.80. The highest BCUT2D eigenvalue weighted by Gasteiger charge is 2.00. The number of hydrogen-bond acceptors (Lipinski definition) is 3. The van der Waals surface area contributed by atoms with Gasteiger partial charge in [0, 0.05) is 12.3 Å². The molecule has 0 aromatic heterocycles. The predicted octanol–water partition coefficient (Wildman–Crippen LogP) is 2.28. The first-order valence-corrected chi connectivity index (χ1v) is 6.16. The van der Waals surface area contributed by atoms with Gasteiger partial charge in [-0.2, -0.15) is 11.8 Å². The fourth-order valence-electron chi connectivity index (χ4n) is 1.04. The molecule has 0 saturated heterocycles. The number of carbonyl (C=O) groups excluding carboxylic acids is 1. The van der Waals surface area contributed by atoms with E-state index in [1.807, 2.05) is 36.6 Å². The summed E-state index contributed by atoms with van der Waals surface area (Å²) in [6.45, 7) is 0.973. The van der Waals surface area contributed by atoms with Gasteiger partial charge in [-0.1, -0.05) is 30.3 Å². The van der Waals surface area contributed by atoms with Crippen LogP contribution in [0.2, 0.25) is 0 Å². The maximum absolute atomic E-state index is 11.1. The summed E-state index contributed by atoms with van der Waals surface area (Å²) in [6.07, 6.45) is 1.62. The Bertz CT molecular complexity index is 290. The molecule has 1 rings (SSSR count). The van der Waals surface area contributed by atoms with Crippen LogP contribution in [0.1, 0.15) is 5.56 Å². The third-order valence-corrected chi connectivity index (χ3v) is 2.38. The molecular weight excluding hydrogens is 210 g/mol. The van der Waals surface area contributed by atoms with Gasteiger partial charge >= 0.3 is 6.09 Å². The van der Waals surface area contributed by atoms with Crippen LogP contribution in [-0.4, -0.2) is 24.7 Å². The summed E-state index contributed by atoms with van der Waals surface area (Å²) in [5.41, 5.74) is 1.07. The Balaban J connectivity index is 2.17. The number of nitrogens with one attached hydrogen (secondary N) is 1. The van der Waals surface area contributed by atoms with E-state index < -0.39 is 0 Å². The Kier molecular flexibility index (Phi) is 5.70. The number of hydrogen-bond donors (Lipinski definition) is 1. The van der Waals surface area contributed by atoms with Crippen LogP contribution in [0.3, 0.4) is 0 Å². The number of ether oxygens (including phenoxy) is 1. The smallest absolute Gasteiger partial charge is 0.407 e. The molecule has 1 amide bonds. The lowest BCUT2D eigenvalue weighted by atomic mass is 10.2. The first-order valence-electron chi connectivity index (χ1n) is 4.76. The minimum absolute atomic E-state index is 0.354. The summed E-state index contributed by atoms with van der Waals surface area (Å²) in [4.78, 5) is 11.1. The van der Waals surface area contributed by atoms with Crippen molar-refractivity contribution in [3.8, 4) is 0 Å². The van der Waals surface area contributed by atoms with E-state index in [9.17, 15) is 4.79 Å². The second-order valence-corrected chi connectivity index (χ2v) is 3.95. The molecule has 0 aliphatic heterocycles. The number of benzene rings is 1. The molecule has 0 radical (unpaired) electrons. The SMILES string of the molecule is CSCCOC(=O)NCc1ccccc1. The molecule has 3 nitrogen and oxygen atoms in total. The molecule has 0 atom stereocenters. The Morgan fingerprint density at radius 2 is 2.13 bits per heavy atom. The largest absolute Gasteiger partial charge is 0.449 e. The van der Waals surface area contributed by atoms with Crippen molar-refractivity contribution < 1.29 is 9.53 Å². The molecule has 0 fully saturated rings. The average molecular weight is 225 g/mol. The zero-order chi connectivity index (χ0) is 10.9. The molecule has 0 spiro atoms. The highest BCUT2D eigenvalue weighted by Crippen LogP contribution is 1.97. The highest BCUT2D eigenvalue weighted by molar-refractivity contribution is 7.98. The van der Waals surface area contributed by atoms with Gasteiger partial charge in [0.1, 0.15) is 6.61 Å². The number of alkyl carbamates (subject to hydrolysis) is 1. The molecule has 1 aromatic carbocycles. The molecular formula is C11H15NO2S. The van der Waals surface area contributed by atoms with Crippen LogP contribution in [0.5, 0.6) is 0 Å². The van der Waals surface area contributed by atoms with E-state index in [0.717, 1.165) is 11.3 Å². The second-order valence-electron chi connectivity index (χ2n) is 2.97. The molecule has 4 heteroatoms. The van der Waals surface area contributed by atoms with Crippen molar-refractivity contribution in [1.29, 1.82) is 0 Å². The van der Waals surface area contributed by atoms with Gasteiger partial charge in [-0.05, 0) is 11.8 Å². The van der Waals surface area contributed by atoms with Gasteiger partial charge in [-0.3, -0.25) is 0 Å².